The summed E-state index contributed by atoms with van der Waals surface area (Å²) in [5, 5.41) is 10.5. The Morgan fingerprint density at radius 1 is 1.32 bits per heavy atom. The zero-order chi connectivity index (χ0) is 17.4. The molecule has 25 heavy (non-hydrogen) atoms. The lowest BCUT2D eigenvalue weighted by Crippen LogP contribution is -2.43. The minimum Gasteiger partial charge on any atom is -0.479 e. The van der Waals surface area contributed by atoms with E-state index in [-0.39, 0.29) is 12.0 Å². The molecule has 0 spiro atoms. The van der Waals surface area contributed by atoms with Gasteiger partial charge in [-0.2, -0.15) is 0 Å². The van der Waals surface area contributed by atoms with Crippen LogP contribution in [0.2, 0.25) is 0 Å². The number of ether oxygens (including phenoxy) is 1. The number of fused-ring (bicyclic) bond motifs is 1. The fraction of sp³-hybridized carbons (Fsp3) is 0.389. The summed E-state index contributed by atoms with van der Waals surface area (Å²) >= 11 is 1.31. The van der Waals surface area contributed by atoms with Crippen LogP contribution in [0.15, 0.2) is 30.5 Å². The summed E-state index contributed by atoms with van der Waals surface area (Å²) < 4.78 is 5.61. The third-order valence-electron chi connectivity index (χ3n) is 4.72. The summed E-state index contributed by atoms with van der Waals surface area (Å²) in [4.78, 5) is 31.0. The van der Waals surface area contributed by atoms with Crippen LogP contribution in [0.3, 0.4) is 0 Å². The smallest absolute Gasteiger partial charge is 0.331 e. The number of rotatable bonds is 3. The molecule has 7 heteroatoms. The van der Waals surface area contributed by atoms with Crippen molar-refractivity contribution in [3.8, 4) is 0 Å². The highest BCUT2D eigenvalue weighted by Gasteiger charge is 2.37. The first-order valence-electron chi connectivity index (χ1n) is 8.34. The number of carbonyl (C=O) groups is 2. The van der Waals surface area contributed by atoms with Gasteiger partial charge in [0, 0.05) is 13.2 Å². The highest BCUT2D eigenvalue weighted by molar-refractivity contribution is 7.13. The normalized spacial score (nSPS) is 22.6. The third kappa shape index (κ3) is 2.94. The SMILES string of the molecule is O=C(O)C1c2ccccc2CCN1C(=O)c1cnc(C2CCCO2)s1. The molecule has 4 rings (SSSR count). The number of thiazole rings is 1. The van der Waals surface area contributed by atoms with E-state index >= 15 is 0 Å². The average molecular weight is 358 g/mol. The van der Waals surface area contributed by atoms with Gasteiger partial charge in [-0.15, -0.1) is 11.3 Å². The lowest BCUT2D eigenvalue weighted by atomic mass is 9.92. The molecule has 0 bridgehead atoms. The summed E-state index contributed by atoms with van der Waals surface area (Å²) in [6, 6.07) is 6.47. The van der Waals surface area contributed by atoms with Crippen molar-refractivity contribution >= 4 is 23.2 Å². The van der Waals surface area contributed by atoms with E-state index in [4.69, 9.17) is 4.74 Å². The minimum absolute atomic E-state index is 0.0381. The molecular formula is C18H18N2O4S. The number of nitrogens with zero attached hydrogens (tertiary/aromatic N) is 2. The number of hydrogen-bond donors (Lipinski definition) is 1. The van der Waals surface area contributed by atoms with Gasteiger partial charge < -0.3 is 14.7 Å². The Kier molecular flexibility index (Phi) is 4.27. The second kappa shape index (κ2) is 6.57. The van der Waals surface area contributed by atoms with Crippen LogP contribution in [0.1, 0.15) is 50.8 Å². The average Bonchev–Trinajstić information content (AvgIpc) is 3.31. The predicted molar refractivity (Wildman–Crippen MR) is 91.6 cm³/mol. The van der Waals surface area contributed by atoms with E-state index < -0.39 is 12.0 Å². The molecule has 1 saturated heterocycles. The Morgan fingerprint density at radius 3 is 2.92 bits per heavy atom. The third-order valence-corrected chi connectivity index (χ3v) is 5.80. The fourth-order valence-corrected chi connectivity index (χ4v) is 4.46. The largest absolute Gasteiger partial charge is 0.479 e. The highest BCUT2D eigenvalue weighted by atomic mass is 32.1. The van der Waals surface area contributed by atoms with Crippen molar-refractivity contribution in [2.75, 3.05) is 13.2 Å². The van der Waals surface area contributed by atoms with Crippen LogP contribution in [0, 0.1) is 0 Å². The number of benzene rings is 1. The molecule has 1 fully saturated rings. The quantitative estimate of drug-likeness (QED) is 0.913. The van der Waals surface area contributed by atoms with Gasteiger partial charge in [-0.1, -0.05) is 24.3 Å². The first-order valence-corrected chi connectivity index (χ1v) is 9.15. The second-order valence-corrected chi connectivity index (χ2v) is 7.31. The number of carboxylic acid groups (broad SMARTS) is 1. The van der Waals surface area contributed by atoms with Crippen molar-refractivity contribution in [2.45, 2.75) is 31.4 Å². The van der Waals surface area contributed by atoms with Gasteiger partial charge in [0.2, 0.25) is 0 Å². The van der Waals surface area contributed by atoms with Crippen molar-refractivity contribution in [1.82, 2.24) is 9.88 Å². The first-order chi connectivity index (χ1) is 12.1. The maximum atomic E-state index is 12.9. The molecule has 0 aliphatic carbocycles. The Balaban J connectivity index is 1.62. The van der Waals surface area contributed by atoms with Crippen molar-refractivity contribution < 1.29 is 19.4 Å². The van der Waals surface area contributed by atoms with Crippen LogP contribution in [-0.4, -0.2) is 40.0 Å². The lowest BCUT2D eigenvalue weighted by molar-refractivity contribution is -0.143. The topological polar surface area (TPSA) is 79.7 Å². The van der Waals surface area contributed by atoms with Crippen molar-refractivity contribution in [2.24, 2.45) is 0 Å². The summed E-state index contributed by atoms with van der Waals surface area (Å²) in [6.07, 6.45) is 4.07. The van der Waals surface area contributed by atoms with E-state index in [9.17, 15) is 14.7 Å². The van der Waals surface area contributed by atoms with Gasteiger partial charge >= 0.3 is 5.97 Å². The number of carbonyl (C=O) groups excluding carboxylic acids is 1. The van der Waals surface area contributed by atoms with Gasteiger partial charge in [0.05, 0.1) is 6.20 Å². The molecule has 1 N–H and O–H groups in total. The Bertz CT molecular complexity index is 813. The number of hydrogen-bond acceptors (Lipinski definition) is 5. The number of amides is 1. The predicted octanol–water partition coefficient (Wildman–Crippen LogP) is 2.82. The molecule has 2 aliphatic heterocycles. The van der Waals surface area contributed by atoms with E-state index in [0.717, 1.165) is 30.0 Å². The van der Waals surface area contributed by atoms with Crippen LogP contribution in [-0.2, 0) is 16.0 Å². The molecule has 2 aliphatic rings. The second-order valence-electron chi connectivity index (χ2n) is 6.25. The standard InChI is InChI=1S/C18H18N2O4S/c21-17(14-10-19-16(25-14)13-6-3-9-24-13)20-8-7-11-4-1-2-5-12(11)15(20)18(22)23/h1-2,4-5,10,13,15H,3,6-9H2,(H,22,23). The molecule has 3 heterocycles. The van der Waals surface area contributed by atoms with Gasteiger partial charge in [-0.3, -0.25) is 4.79 Å². The van der Waals surface area contributed by atoms with E-state index in [0.29, 0.717) is 23.4 Å². The fourth-order valence-electron chi connectivity index (χ4n) is 3.50. The van der Waals surface area contributed by atoms with Crippen LogP contribution in [0.4, 0.5) is 0 Å². The molecule has 0 saturated carbocycles. The molecule has 1 aromatic heterocycles. The molecule has 2 aromatic rings. The van der Waals surface area contributed by atoms with Gasteiger partial charge in [0.1, 0.15) is 16.0 Å². The van der Waals surface area contributed by atoms with Gasteiger partial charge in [0.15, 0.2) is 6.04 Å². The van der Waals surface area contributed by atoms with Crippen LogP contribution in [0.5, 0.6) is 0 Å². The highest BCUT2D eigenvalue weighted by Crippen LogP contribution is 2.34. The van der Waals surface area contributed by atoms with Crippen LogP contribution >= 0.6 is 11.3 Å². The molecule has 2 unspecified atom stereocenters. The number of aromatic nitrogens is 1. The summed E-state index contributed by atoms with van der Waals surface area (Å²) in [6.45, 7) is 1.11. The number of aliphatic carboxylic acids is 1. The zero-order valence-electron chi connectivity index (χ0n) is 13.6. The van der Waals surface area contributed by atoms with Crippen molar-refractivity contribution in [1.29, 1.82) is 0 Å². The zero-order valence-corrected chi connectivity index (χ0v) is 14.4. The summed E-state index contributed by atoms with van der Waals surface area (Å²) in [5.41, 5.74) is 1.68. The van der Waals surface area contributed by atoms with Gasteiger partial charge in [0.25, 0.3) is 5.91 Å². The summed E-state index contributed by atoms with van der Waals surface area (Å²) in [7, 11) is 0. The monoisotopic (exact) mass is 358 g/mol. The molecule has 2 atom stereocenters. The lowest BCUT2D eigenvalue weighted by Gasteiger charge is -2.34. The molecule has 1 amide bonds. The van der Waals surface area contributed by atoms with Crippen LogP contribution in [0.25, 0.3) is 0 Å². The molecule has 0 radical (unpaired) electrons. The molecule has 6 nitrogen and oxygen atoms in total. The summed E-state index contributed by atoms with van der Waals surface area (Å²) in [5.74, 6) is -1.28. The Morgan fingerprint density at radius 2 is 2.16 bits per heavy atom. The van der Waals surface area contributed by atoms with Crippen molar-refractivity contribution in [3.05, 3.63) is 51.5 Å². The Hall–Kier alpha value is -2.25. The van der Waals surface area contributed by atoms with Gasteiger partial charge in [-0.25, -0.2) is 9.78 Å². The van der Waals surface area contributed by atoms with Gasteiger partial charge in [-0.05, 0) is 30.4 Å². The van der Waals surface area contributed by atoms with E-state index in [2.05, 4.69) is 4.98 Å². The van der Waals surface area contributed by atoms with Crippen molar-refractivity contribution in [3.63, 3.8) is 0 Å². The molecule has 130 valence electrons. The van der Waals surface area contributed by atoms with E-state index in [1.807, 2.05) is 18.2 Å². The first kappa shape index (κ1) is 16.2. The molecule has 1 aromatic carbocycles. The van der Waals surface area contributed by atoms with E-state index in [1.165, 1.54) is 16.2 Å². The molecular weight excluding hydrogens is 340 g/mol. The van der Waals surface area contributed by atoms with E-state index in [1.54, 1.807) is 12.3 Å². The van der Waals surface area contributed by atoms with Crippen LogP contribution < -0.4 is 0 Å². The minimum atomic E-state index is -1.01. The Labute approximate surface area is 149 Å². The maximum absolute atomic E-state index is 12.9. The number of carboxylic acids is 1. The maximum Gasteiger partial charge on any atom is 0.331 e.